The Bertz CT molecular complexity index is 2140. The van der Waals surface area contributed by atoms with Crippen LogP contribution in [0.1, 0.15) is 349 Å². The molecule has 19 heteroatoms. The standard InChI is InChI=1S/C79H142O17P2/c1-5-9-13-17-21-25-29-33-36-40-43-47-51-55-59-63-76(81)89-69-74(95-78(83)65-61-57-53-49-45-39-32-28-24-20-16-12-8-4)71-93-97(85,86)91-67-73(80)68-92-98(87,88)94-72-75(96-79(84)66-62-58-54-50-46-42-38-35-31-27-23-19-15-11-7-3)70-90-77(82)64-60-56-52-48-44-41-37-34-30-26-22-18-14-10-6-2/h10-11,14-15,22-23,26-27,34-35,37-38,73-75,80H,5-9,12-13,16-21,24-25,28-33,36,39-72H2,1-4H3,(H,85,86)(H,87,88)/b14-10-,15-11-,26-22-,27-23-,37-34-,38-35-. The van der Waals surface area contributed by atoms with Gasteiger partial charge in [0.2, 0.25) is 0 Å². The minimum atomic E-state index is -4.98. The zero-order valence-corrected chi connectivity index (χ0v) is 64.0. The Kier molecular flexibility index (Phi) is 69.3. The number of ether oxygens (including phenoxy) is 4. The van der Waals surface area contributed by atoms with Crippen molar-refractivity contribution in [3.63, 3.8) is 0 Å². The maximum atomic E-state index is 13.1. The minimum Gasteiger partial charge on any atom is -0.462 e. The second-order valence-corrected chi connectivity index (χ2v) is 29.2. The number of carbonyl (C=O) groups is 4. The van der Waals surface area contributed by atoms with Crippen LogP contribution >= 0.6 is 15.6 Å². The molecular formula is C79H142O17P2. The number of allylic oxidation sites excluding steroid dienone is 12. The Morgan fingerprint density at radius 2 is 0.531 bits per heavy atom. The average molecular weight is 1430 g/mol. The number of phosphoric acid groups is 2. The van der Waals surface area contributed by atoms with Crippen molar-refractivity contribution in [1.29, 1.82) is 0 Å². The first-order valence-corrected chi connectivity index (χ1v) is 42.2. The van der Waals surface area contributed by atoms with E-state index in [1.165, 1.54) is 122 Å². The van der Waals surface area contributed by atoms with E-state index in [4.69, 9.17) is 37.0 Å². The van der Waals surface area contributed by atoms with E-state index in [1.54, 1.807) is 0 Å². The Morgan fingerprint density at radius 1 is 0.296 bits per heavy atom. The van der Waals surface area contributed by atoms with Crippen LogP contribution in [0.5, 0.6) is 0 Å². The molecule has 0 rings (SSSR count). The van der Waals surface area contributed by atoms with Crippen LogP contribution in [-0.4, -0.2) is 96.7 Å². The van der Waals surface area contributed by atoms with Crippen molar-refractivity contribution in [2.75, 3.05) is 39.6 Å². The third kappa shape index (κ3) is 70.9. The van der Waals surface area contributed by atoms with E-state index in [-0.39, 0.29) is 25.7 Å². The van der Waals surface area contributed by atoms with Gasteiger partial charge in [0, 0.05) is 25.7 Å². The van der Waals surface area contributed by atoms with E-state index < -0.39 is 97.5 Å². The molecule has 0 aromatic heterocycles. The Labute approximate surface area is 596 Å². The van der Waals surface area contributed by atoms with Gasteiger partial charge in [0.05, 0.1) is 26.4 Å². The number of phosphoric ester groups is 2. The summed E-state index contributed by atoms with van der Waals surface area (Å²) in [6.07, 6.45) is 71.7. The predicted octanol–water partition coefficient (Wildman–Crippen LogP) is 22.4. The van der Waals surface area contributed by atoms with Crippen molar-refractivity contribution >= 4 is 39.5 Å². The molecule has 0 heterocycles. The Hall–Kier alpha value is -3.50. The molecule has 0 spiro atoms. The molecule has 0 aliphatic heterocycles. The van der Waals surface area contributed by atoms with E-state index in [1.807, 2.05) is 0 Å². The van der Waals surface area contributed by atoms with Crippen molar-refractivity contribution in [2.45, 2.75) is 367 Å². The fraction of sp³-hybridized carbons (Fsp3) is 0.797. The van der Waals surface area contributed by atoms with Crippen LogP contribution in [0.4, 0.5) is 0 Å². The highest BCUT2D eigenvalue weighted by molar-refractivity contribution is 7.47. The van der Waals surface area contributed by atoms with Gasteiger partial charge < -0.3 is 33.8 Å². The molecule has 0 amide bonds. The van der Waals surface area contributed by atoms with Gasteiger partial charge in [-0.05, 0) is 89.9 Å². The summed E-state index contributed by atoms with van der Waals surface area (Å²) in [5, 5.41) is 10.6. The number of aliphatic hydroxyl groups is 1. The lowest BCUT2D eigenvalue weighted by molar-refractivity contribution is -0.161. The first-order valence-electron chi connectivity index (χ1n) is 39.2. The molecule has 0 aliphatic rings. The molecular weight excluding hydrogens is 1280 g/mol. The van der Waals surface area contributed by atoms with E-state index in [9.17, 15) is 43.2 Å². The Balaban J connectivity index is 5.34. The first-order chi connectivity index (χ1) is 47.7. The van der Waals surface area contributed by atoms with E-state index in [2.05, 4.69) is 101 Å². The van der Waals surface area contributed by atoms with Crippen LogP contribution in [0.15, 0.2) is 72.9 Å². The number of aliphatic hydroxyl groups excluding tert-OH is 1. The highest BCUT2D eigenvalue weighted by Crippen LogP contribution is 2.45. The van der Waals surface area contributed by atoms with Gasteiger partial charge in [-0.1, -0.05) is 306 Å². The number of carbonyl (C=O) groups excluding carboxylic acids is 4. The van der Waals surface area contributed by atoms with Gasteiger partial charge >= 0.3 is 39.5 Å². The minimum absolute atomic E-state index is 0.0736. The molecule has 570 valence electrons. The molecule has 3 N–H and O–H groups in total. The average Bonchev–Trinajstić information content (AvgIpc) is 1.04. The van der Waals surface area contributed by atoms with Crippen molar-refractivity contribution in [2.24, 2.45) is 0 Å². The van der Waals surface area contributed by atoms with Crippen LogP contribution in [-0.2, 0) is 65.4 Å². The van der Waals surface area contributed by atoms with E-state index in [0.29, 0.717) is 25.7 Å². The normalized spacial score (nSPS) is 14.3. The fourth-order valence-electron chi connectivity index (χ4n) is 10.8. The molecule has 0 aliphatic carbocycles. The van der Waals surface area contributed by atoms with Gasteiger partial charge in [0.15, 0.2) is 12.2 Å². The van der Waals surface area contributed by atoms with Gasteiger partial charge in [0.1, 0.15) is 19.3 Å². The van der Waals surface area contributed by atoms with E-state index >= 15 is 0 Å². The van der Waals surface area contributed by atoms with Crippen LogP contribution in [0.3, 0.4) is 0 Å². The largest absolute Gasteiger partial charge is 0.472 e. The van der Waals surface area contributed by atoms with Crippen LogP contribution < -0.4 is 0 Å². The topological polar surface area (TPSA) is 237 Å². The number of hydrogen-bond donors (Lipinski definition) is 3. The number of hydrogen-bond acceptors (Lipinski definition) is 15. The van der Waals surface area contributed by atoms with Gasteiger partial charge in [-0.2, -0.15) is 0 Å². The maximum absolute atomic E-state index is 13.1. The van der Waals surface area contributed by atoms with Crippen molar-refractivity contribution in [3.05, 3.63) is 72.9 Å². The molecule has 0 fully saturated rings. The number of rotatable bonds is 74. The summed E-state index contributed by atoms with van der Waals surface area (Å²) in [5.41, 5.74) is 0. The smallest absolute Gasteiger partial charge is 0.462 e. The molecule has 0 bridgehead atoms. The second-order valence-electron chi connectivity index (χ2n) is 26.3. The molecule has 0 aromatic rings. The molecule has 0 saturated heterocycles. The summed E-state index contributed by atoms with van der Waals surface area (Å²) in [6.45, 7) is 4.67. The van der Waals surface area contributed by atoms with Crippen molar-refractivity contribution in [1.82, 2.24) is 0 Å². The fourth-order valence-corrected chi connectivity index (χ4v) is 12.4. The first kappa shape index (κ1) is 94.5. The summed E-state index contributed by atoms with van der Waals surface area (Å²) in [5.74, 6) is -2.18. The third-order valence-electron chi connectivity index (χ3n) is 16.7. The number of unbranched alkanes of at least 4 members (excludes halogenated alkanes) is 36. The molecule has 17 nitrogen and oxygen atoms in total. The summed E-state index contributed by atoms with van der Waals surface area (Å²) in [6, 6.07) is 0. The highest BCUT2D eigenvalue weighted by atomic mass is 31.2. The van der Waals surface area contributed by atoms with Gasteiger partial charge in [-0.15, -0.1) is 0 Å². The van der Waals surface area contributed by atoms with Crippen molar-refractivity contribution < 1.29 is 80.2 Å². The zero-order chi connectivity index (χ0) is 71.8. The highest BCUT2D eigenvalue weighted by Gasteiger charge is 2.30. The number of esters is 4. The van der Waals surface area contributed by atoms with Crippen molar-refractivity contribution in [3.8, 4) is 0 Å². The third-order valence-corrected chi connectivity index (χ3v) is 18.6. The predicted molar refractivity (Wildman–Crippen MR) is 400 cm³/mol. The SMILES string of the molecule is CC/C=C\C/C=C\C/C=C\CCCCCCCC(=O)OCC(COP(=O)(O)OCC(O)COP(=O)(O)OCC(COC(=O)CCCCCCCCCCCCCCCCC)OC(=O)CCCCCCCCCCCCCCC)OC(=O)CCCCCCC/C=C\C/C=C\C/C=C\CC. The maximum Gasteiger partial charge on any atom is 0.472 e. The lowest BCUT2D eigenvalue weighted by atomic mass is 10.0. The molecule has 0 radical (unpaired) electrons. The summed E-state index contributed by atoms with van der Waals surface area (Å²) < 4.78 is 68.5. The summed E-state index contributed by atoms with van der Waals surface area (Å²) in [7, 11) is -9.95. The molecule has 0 saturated carbocycles. The molecule has 0 aromatic carbocycles. The summed E-state index contributed by atoms with van der Waals surface area (Å²) in [4.78, 5) is 72.9. The van der Waals surface area contributed by atoms with Crippen LogP contribution in [0.25, 0.3) is 0 Å². The lowest BCUT2D eigenvalue weighted by Gasteiger charge is -2.21. The van der Waals surface area contributed by atoms with Gasteiger partial charge in [-0.25, -0.2) is 9.13 Å². The van der Waals surface area contributed by atoms with E-state index in [0.717, 1.165) is 148 Å². The lowest BCUT2D eigenvalue weighted by Crippen LogP contribution is -2.30. The monoisotopic (exact) mass is 1420 g/mol. The van der Waals surface area contributed by atoms with Crippen LogP contribution in [0.2, 0.25) is 0 Å². The molecule has 5 unspecified atom stereocenters. The van der Waals surface area contributed by atoms with Gasteiger partial charge in [0.25, 0.3) is 0 Å². The zero-order valence-electron chi connectivity index (χ0n) is 62.2. The molecule has 5 atom stereocenters. The van der Waals surface area contributed by atoms with Gasteiger partial charge in [-0.3, -0.25) is 37.3 Å². The van der Waals surface area contributed by atoms with Crippen LogP contribution in [0, 0.1) is 0 Å². The second kappa shape index (κ2) is 71.9. The summed E-state index contributed by atoms with van der Waals surface area (Å²) >= 11 is 0. The Morgan fingerprint density at radius 3 is 0.816 bits per heavy atom. The molecule has 98 heavy (non-hydrogen) atoms. The quantitative estimate of drug-likeness (QED) is 0.0169.